The summed E-state index contributed by atoms with van der Waals surface area (Å²) in [5.74, 6) is -1.24. The molecule has 0 spiro atoms. The van der Waals surface area contributed by atoms with Crippen LogP contribution in [0.2, 0.25) is 0 Å². The third-order valence-corrected chi connectivity index (χ3v) is 4.96. The molecule has 0 aliphatic carbocycles. The van der Waals surface area contributed by atoms with Crippen LogP contribution in [0.3, 0.4) is 0 Å². The quantitative estimate of drug-likeness (QED) is 0.720. The van der Waals surface area contributed by atoms with Gasteiger partial charge in [0.1, 0.15) is 16.7 Å². The second-order valence-corrected chi connectivity index (χ2v) is 8.43. The number of hydrogen-bond acceptors (Lipinski definition) is 5. The number of amides is 1. The van der Waals surface area contributed by atoms with Crippen molar-refractivity contribution >= 4 is 23.4 Å². The van der Waals surface area contributed by atoms with Gasteiger partial charge in [-0.05, 0) is 39.8 Å². The van der Waals surface area contributed by atoms with E-state index in [1.807, 2.05) is 0 Å². The number of hydrogen-bond donors (Lipinski definition) is 2. The van der Waals surface area contributed by atoms with Gasteiger partial charge in [-0.15, -0.1) is 11.3 Å². The van der Waals surface area contributed by atoms with E-state index in [1.54, 1.807) is 27.7 Å². The highest BCUT2D eigenvalue weighted by Crippen LogP contribution is 2.33. The number of nitrogens with zero attached hydrogens (tertiary/aromatic N) is 1. The smallest absolute Gasteiger partial charge is 0.416 e. The van der Waals surface area contributed by atoms with Crippen molar-refractivity contribution < 1.29 is 32.6 Å². The molecule has 1 amide bonds. The Labute approximate surface area is 169 Å². The lowest BCUT2D eigenvalue weighted by atomic mass is 10.1. The van der Waals surface area contributed by atoms with E-state index in [4.69, 9.17) is 4.74 Å². The topological polar surface area (TPSA) is 88.5 Å². The lowest BCUT2D eigenvalue weighted by Gasteiger charge is -2.21. The molecule has 1 heterocycles. The maximum absolute atomic E-state index is 12.7. The van der Waals surface area contributed by atoms with Gasteiger partial charge in [-0.2, -0.15) is 13.2 Å². The van der Waals surface area contributed by atoms with Crippen molar-refractivity contribution in [3.05, 3.63) is 40.4 Å². The molecule has 0 fully saturated rings. The van der Waals surface area contributed by atoms with Crippen molar-refractivity contribution in [3.63, 3.8) is 0 Å². The molecule has 2 rings (SSSR count). The molecule has 0 bridgehead atoms. The van der Waals surface area contributed by atoms with Gasteiger partial charge in [-0.1, -0.05) is 12.1 Å². The minimum Gasteiger partial charge on any atom is -0.480 e. The van der Waals surface area contributed by atoms with Crippen molar-refractivity contribution in [1.82, 2.24) is 10.3 Å². The molecule has 2 aromatic rings. The van der Waals surface area contributed by atoms with Gasteiger partial charge in [0.05, 0.1) is 11.3 Å². The fraction of sp³-hybridized carbons (Fsp3) is 0.421. The van der Waals surface area contributed by atoms with E-state index in [2.05, 4.69) is 10.3 Å². The lowest BCUT2D eigenvalue weighted by Crippen LogP contribution is -2.44. The Bertz CT molecular complexity index is 886. The fourth-order valence-corrected chi connectivity index (χ4v) is 3.49. The number of carboxylic acids is 1. The molecule has 0 aliphatic heterocycles. The van der Waals surface area contributed by atoms with E-state index >= 15 is 0 Å². The van der Waals surface area contributed by atoms with Crippen molar-refractivity contribution in [1.29, 1.82) is 0 Å². The molecule has 2 N–H and O–H groups in total. The predicted octanol–water partition coefficient (Wildman–Crippen LogP) is 4.66. The van der Waals surface area contributed by atoms with Gasteiger partial charge in [0, 0.05) is 16.9 Å². The Morgan fingerprint density at radius 1 is 1.21 bits per heavy atom. The third kappa shape index (κ3) is 6.45. The number of carbonyl (C=O) groups excluding carboxylic acids is 1. The first-order chi connectivity index (χ1) is 13.3. The van der Waals surface area contributed by atoms with Crippen LogP contribution in [-0.2, 0) is 22.1 Å². The number of aromatic nitrogens is 1. The number of carbonyl (C=O) groups is 2. The highest BCUT2D eigenvalue weighted by Gasteiger charge is 2.30. The molecule has 29 heavy (non-hydrogen) atoms. The zero-order valence-corrected chi connectivity index (χ0v) is 17.1. The molecule has 1 aromatic carbocycles. The molecule has 1 unspecified atom stereocenters. The minimum absolute atomic E-state index is 0.0291. The fourth-order valence-electron chi connectivity index (χ4n) is 2.38. The maximum Gasteiger partial charge on any atom is 0.416 e. The van der Waals surface area contributed by atoms with Crippen LogP contribution in [0.4, 0.5) is 18.0 Å². The Morgan fingerprint density at radius 3 is 2.28 bits per heavy atom. The first-order valence-corrected chi connectivity index (χ1v) is 9.44. The van der Waals surface area contributed by atoms with E-state index in [1.165, 1.54) is 12.1 Å². The van der Waals surface area contributed by atoms with Crippen molar-refractivity contribution in [2.45, 2.75) is 51.9 Å². The van der Waals surface area contributed by atoms with Crippen molar-refractivity contribution in [2.75, 3.05) is 0 Å². The maximum atomic E-state index is 12.7. The molecule has 6 nitrogen and oxygen atoms in total. The number of rotatable bonds is 5. The van der Waals surface area contributed by atoms with Crippen LogP contribution in [0.5, 0.6) is 0 Å². The minimum atomic E-state index is -4.43. The summed E-state index contributed by atoms with van der Waals surface area (Å²) in [4.78, 5) is 28.3. The zero-order valence-electron chi connectivity index (χ0n) is 16.3. The summed E-state index contributed by atoms with van der Waals surface area (Å²) in [5.41, 5.74) is -0.503. The second-order valence-electron chi connectivity index (χ2n) is 7.34. The number of halogens is 3. The summed E-state index contributed by atoms with van der Waals surface area (Å²) in [6.45, 7) is 6.65. The van der Waals surface area contributed by atoms with E-state index in [-0.39, 0.29) is 6.42 Å². The number of thiazole rings is 1. The average Bonchev–Trinajstić information content (AvgIpc) is 2.92. The van der Waals surface area contributed by atoms with E-state index in [9.17, 15) is 27.9 Å². The zero-order chi connectivity index (χ0) is 22.0. The van der Waals surface area contributed by atoms with Gasteiger partial charge in [0.15, 0.2) is 0 Å². The van der Waals surface area contributed by atoms with Crippen LogP contribution in [0, 0.1) is 6.92 Å². The molecule has 1 aromatic heterocycles. The summed E-state index contributed by atoms with van der Waals surface area (Å²) in [7, 11) is 0. The molecule has 0 radical (unpaired) electrons. The standard InChI is InChI=1S/C19H21F3N2O4S/c1-10-14(9-13(16(25)26)24-17(27)28-18(2,3)4)29-15(23-10)11-5-7-12(8-6-11)19(20,21)22/h5-8,13H,9H2,1-4H3,(H,24,27)(H,25,26). The first-order valence-electron chi connectivity index (χ1n) is 8.62. The van der Waals surface area contributed by atoms with Gasteiger partial charge >= 0.3 is 18.2 Å². The highest BCUT2D eigenvalue weighted by molar-refractivity contribution is 7.15. The Morgan fingerprint density at radius 2 is 1.79 bits per heavy atom. The van der Waals surface area contributed by atoms with E-state index < -0.39 is 35.4 Å². The molecular formula is C19H21F3N2O4S. The number of nitrogens with one attached hydrogen (secondary N) is 1. The number of benzene rings is 1. The molecule has 158 valence electrons. The summed E-state index contributed by atoms with van der Waals surface area (Å²) in [6.07, 6.45) is -5.31. The molecule has 10 heteroatoms. The molecule has 0 aliphatic rings. The molecule has 0 saturated carbocycles. The Balaban J connectivity index is 2.18. The van der Waals surface area contributed by atoms with Gasteiger partial charge in [-0.3, -0.25) is 0 Å². The number of aliphatic carboxylic acids is 1. The van der Waals surface area contributed by atoms with Crippen molar-refractivity contribution in [3.8, 4) is 10.6 Å². The largest absolute Gasteiger partial charge is 0.480 e. The predicted molar refractivity (Wildman–Crippen MR) is 102 cm³/mol. The van der Waals surface area contributed by atoms with Crippen LogP contribution in [0.15, 0.2) is 24.3 Å². The number of carboxylic acid groups (broad SMARTS) is 1. The summed E-state index contributed by atoms with van der Waals surface area (Å²) >= 11 is 1.16. The Hall–Kier alpha value is -2.62. The van der Waals surface area contributed by atoms with Crippen LogP contribution in [0.1, 0.15) is 36.9 Å². The lowest BCUT2D eigenvalue weighted by molar-refractivity contribution is -0.139. The van der Waals surface area contributed by atoms with Crippen molar-refractivity contribution in [2.24, 2.45) is 0 Å². The van der Waals surface area contributed by atoms with Gasteiger partial charge in [0.2, 0.25) is 0 Å². The number of aryl methyl sites for hydroxylation is 1. The molecule has 1 atom stereocenters. The van der Waals surface area contributed by atoms with Crippen LogP contribution < -0.4 is 5.32 Å². The Kier molecular flexibility index (Phi) is 6.56. The summed E-state index contributed by atoms with van der Waals surface area (Å²) < 4.78 is 43.2. The van der Waals surface area contributed by atoms with Gasteiger partial charge in [-0.25, -0.2) is 14.6 Å². The number of alkyl carbamates (subject to hydrolysis) is 1. The number of alkyl halides is 3. The van der Waals surface area contributed by atoms with E-state index in [0.29, 0.717) is 21.1 Å². The average molecular weight is 430 g/mol. The third-order valence-electron chi connectivity index (χ3n) is 3.73. The summed E-state index contributed by atoms with van der Waals surface area (Å²) in [5, 5.41) is 12.2. The highest BCUT2D eigenvalue weighted by atomic mass is 32.1. The van der Waals surface area contributed by atoms with E-state index in [0.717, 1.165) is 23.5 Å². The van der Waals surface area contributed by atoms with Crippen LogP contribution in [0.25, 0.3) is 10.6 Å². The second kappa shape index (κ2) is 8.40. The van der Waals surface area contributed by atoms with Gasteiger partial charge in [0.25, 0.3) is 0 Å². The normalized spacial score (nSPS) is 13.1. The first kappa shape index (κ1) is 22.7. The number of ether oxygens (including phenoxy) is 1. The van der Waals surface area contributed by atoms with Crippen LogP contribution >= 0.6 is 11.3 Å². The molecule has 0 saturated heterocycles. The van der Waals surface area contributed by atoms with Crippen LogP contribution in [-0.4, -0.2) is 33.8 Å². The molecular weight excluding hydrogens is 409 g/mol. The van der Waals surface area contributed by atoms with Gasteiger partial charge < -0.3 is 15.2 Å². The SMILES string of the molecule is Cc1nc(-c2ccc(C(F)(F)F)cc2)sc1CC(NC(=O)OC(C)(C)C)C(=O)O. The summed E-state index contributed by atoms with van der Waals surface area (Å²) in [6, 6.07) is 3.34. The monoisotopic (exact) mass is 430 g/mol.